The summed E-state index contributed by atoms with van der Waals surface area (Å²) >= 11 is 12.0. The first-order valence-corrected chi connectivity index (χ1v) is 9.19. The van der Waals surface area contributed by atoms with E-state index < -0.39 is 0 Å². The van der Waals surface area contributed by atoms with Crippen LogP contribution in [0.15, 0.2) is 12.1 Å². The molecule has 0 aliphatic carbocycles. The molecule has 0 saturated carbocycles. The summed E-state index contributed by atoms with van der Waals surface area (Å²) < 4.78 is 5.84. The number of likely N-dealkylation sites (tertiary alicyclic amines) is 1. The molecule has 0 bridgehead atoms. The fourth-order valence-electron chi connectivity index (χ4n) is 3.88. The van der Waals surface area contributed by atoms with Crippen LogP contribution < -0.4 is 0 Å². The van der Waals surface area contributed by atoms with Gasteiger partial charge in [-0.25, -0.2) is 4.98 Å². The molecule has 0 spiro atoms. The topological polar surface area (TPSA) is 28.6 Å². The van der Waals surface area contributed by atoms with Crippen molar-refractivity contribution in [2.24, 2.45) is 0 Å². The Bertz CT molecular complexity index is 512. The van der Waals surface area contributed by atoms with Crippen molar-refractivity contribution in [1.82, 2.24) is 14.8 Å². The number of nitrogens with zero attached hydrogens (tertiary/aromatic N) is 3. The average Bonchev–Trinajstić information content (AvgIpc) is 2.83. The highest BCUT2D eigenvalue weighted by molar-refractivity contribution is 6.32. The predicted octanol–water partition coefficient (Wildman–Crippen LogP) is 3.46. The van der Waals surface area contributed by atoms with E-state index in [1.165, 1.54) is 12.8 Å². The third-order valence-corrected chi connectivity index (χ3v) is 5.06. The van der Waals surface area contributed by atoms with Crippen molar-refractivity contribution < 1.29 is 4.74 Å². The van der Waals surface area contributed by atoms with Crippen LogP contribution in [0.25, 0.3) is 0 Å². The molecular formula is C17H25Cl2N3O. The first kappa shape index (κ1) is 17.4. The van der Waals surface area contributed by atoms with E-state index in [2.05, 4.69) is 28.6 Å². The molecule has 3 unspecified atom stereocenters. The Morgan fingerprint density at radius 3 is 2.48 bits per heavy atom. The third kappa shape index (κ3) is 4.80. The first-order valence-electron chi connectivity index (χ1n) is 8.43. The van der Waals surface area contributed by atoms with E-state index in [1.54, 1.807) is 0 Å². The maximum Gasteiger partial charge on any atom is 0.131 e. The van der Waals surface area contributed by atoms with Gasteiger partial charge in [0.15, 0.2) is 0 Å². The van der Waals surface area contributed by atoms with Gasteiger partial charge in [0, 0.05) is 32.2 Å². The van der Waals surface area contributed by atoms with Crippen LogP contribution in [0.3, 0.4) is 0 Å². The number of aromatic nitrogens is 1. The Kier molecular flexibility index (Phi) is 5.81. The Labute approximate surface area is 148 Å². The second-order valence-corrected chi connectivity index (χ2v) is 7.64. The SMILES string of the molecule is CC1CN(CC2CCCN2Cc2cc(Cl)nc(Cl)c2)CC(C)O1. The molecule has 4 nitrogen and oxygen atoms in total. The van der Waals surface area contributed by atoms with Crippen LogP contribution in [0.4, 0.5) is 0 Å². The second kappa shape index (κ2) is 7.66. The van der Waals surface area contributed by atoms with Crippen molar-refractivity contribution in [3.63, 3.8) is 0 Å². The summed E-state index contributed by atoms with van der Waals surface area (Å²) in [6.07, 6.45) is 3.16. The quantitative estimate of drug-likeness (QED) is 0.771. The molecule has 3 heterocycles. The molecule has 3 atom stereocenters. The largest absolute Gasteiger partial charge is 0.373 e. The number of morpholine rings is 1. The fourth-order valence-corrected chi connectivity index (χ4v) is 4.39. The highest BCUT2D eigenvalue weighted by Gasteiger charge is 2.29. The number of rotatable bonds is 4. The minimum Gasteiger partial charge on any atom is -0.373 e. The summed E-state index contributed by atoms with van der Waals surface area (Å²) in [6, 6.07) is 4.43. The van der Waals surface area contributed by atoms with Crippen molar-refractivity contribution in [2.45, 2.75) is 51.5 Å². The molecule has 0 amide bonds. The van der Waals surface area contributed by atoms with Crippen LogP contribution >= 0.6 is 23.2 Å². The lowest BCUT2D eigenvalue weighted by molar-refractivity contribution is -0.0724. The number of hydrogen-bond donors (Lipinski definition) is 0. The lowest BCUT2D eigenvalue weighted by atomic mass is 10.1. The van der Waals surface area contributed by atoms with Gasteiger partial charge in [-0.3, -0.25) is 9.80 Å². The summed E-state index contributed by atoms with van der Waals surface area (Å²) in [5, 5.41) is 0.943. The van der Waals surface area contributed by atoms with Crippen molar-refractivity contribution >= 4 is 23.2 Å². The fraction of sp³-hybridized carbons (Fsp3) is 0.706. The lowest BCUT2D eigenvalue weighted by Crippen LogP contribution is -2.50. The Morgan fingerprint density at radius 2 is 1.83 bits per heavy atom. The van der Waals surface area contributed by atoms with Gasteiger partial charge >= 0.3 is 0 Å². The van der Waals surface area contributed by atoms with E-state index in [0.717, 1.165) is 38.3 Å². The van der Waals surface area contributed by atoms with Gasteiger partial charge < -0.3 is 4.74 Å². The van der Waals surface area contributed by atoms with E-state index in [9.17, 15) is 0 Å². The maximum absolute atomic E-state index is 6.02. The second-order valence-electron chi connectivity index (χ2n) is 6.86. The van der Waals surface area contributed by atoms with Crippen molar-refractivity contribution in [1.29, 1.82) is 0 Å². The van der Waals surface area contributed by atoms with Crippen LogP contribution in [0.5, 0.6) is 0 Å². The van der Waals surface area contributed by atoms with Gasteiger partial charge in [0.1, 0.15) is 10.3 Å². The summed E-state index contributed by atoms with van der Waals surface area (Å²) in [4.78, 5) is 9.13. The van der Waals surface area contributed by atoms with Crippen LogP contribution in [-0.4, -0.2) is 59.2 Å². The molecule has 23 heavy (non-hydrogen) atoms. The van der Waals surface area contributed by atoms with Crippen LogP contribution in [0.1, 0.15) is 32.3 Å². The molecule has 0 aromatic carbocycles. The normalized spacial score (nSPS) is 30.0. The van der Waals surface area contributed by atoms with Crippen LogP contribution in [-0.2, 0) is 11.3 Å². The van der Waals surface area contributed by atoms with Crippen molar-refractivity contribution in [3.05, 3.63) is 28.0 Å². The molecule has 128 valence electrons. The minimum absolute atomic E-state index is 0.325. The van der Waals surface area contributed by atoms with Gasteiger partial charge in [0.05, 0.1) is 12.2 Å². The molecule has 1 aromatic heterocycles. The zero-order valence-corrected chi connectivity index (χ0v) is 15.4. The van der Waals surface area contributed by atoms with Crippen LogP contribution in [0, 0.1) is 0 Å². The van der Waals surface area contributed by atoms with Crippen LogP contribution in [0.2, 0.25) is 10.3 Å². The first-order chi connectivity index (χ1) is 11.0. The highest BCUT2D eigenvalue weighted by atomic mass is 35.5. The zero-order chi connectivity index (χ0) is 16.4. The predicted molar refractivity (Wildman–Crippen MR) is 94.1 cm³/mol. The summed E-state index contributed by atoms with van der Waals surface area (Å²) in [5.74, 6) is 0. The molecule has 2 aliphatic rings. The van der Waals surface area contributed by atoms with Gasteiger partial charge in [-0.15, -0.1) is 0 Å². The minimum atomic E-state index is 0.325. The summed E-state index contributed by atoms with van der Waals surface area (Å²) in [7, 11) is 0. The molecule has 0 N–H and O–H groups in total. The van der Waals surface area contributed by atoms with E-state index in [-0.39, 0.29) is 0 Å². The maximum atomic E-state index is 6.02. The molecule has 2 fully saturated rings. The standard InChI is InChI=1S/C17H25Cl2N3O/c1-12-8-21(9-13(2)23-12)11-15-4-3-5-22(15)10-14-6-16(18)20-17(19)7-14/h6-7,12-13,15H,3-5,8-11H2,1-2H3. The summed E-state index contributed by atoms with van der Waals surface area (Å²) in [5.41, 5.74) is 1.14. The average molecular weight is 358 g/mol. The molecule has 0 radical (unpaired) electrons. The number of halogens is 2. The number of hydrogen-bond acceptors (Lipinski definition) is 4. The number of ether oxygens (including phenoxy) is 1. The molecule has 1 aromatic rings. The third-order valence-electron chi connectivity index (χ3n) is 4.67. The monoisotopic (exact) mass is 357 g/mol. The van der Waals surface area contributed by atoms with Gasteiger partial charge in [-0.2, -0.15) is 0 Å². The van der Waals surface area contributed by atoms with E-state index in [0.29, 0.717) is 28.6 Å². The smallest absolute Gasteiger partial charge is 0.131 e. The Hall–Kier alpha value is -0.390. The summed E-state index contributed by atoms with van der Waals surface area (Å²) in [6.45, 7) is 9.53. The van der Waals surface area contributed by atoms with Gasteiger partial charge in [0.25, 0.3) is 0 Å². The van der Waals surface area contributed by atoms with Gasteiger partial charge in [-0.1, -0.05) is 23.2 Å². The molecule has 2 saturated heterocycles. The van der Waals surface area contributed by atoms with Crippen molar-refractivity contribution in [3.8, 4) is 0 Å². The molecular weight excluding hydrogens is 333 g/mol. The number of pyridine rings is 1. The van der Waals surface area contributed by atoms with E-state index in [4.69, 9.17) is 27.9 Å². The van der Waals surface area contributed by atoms with E-state index >= 15 is 0 Å². The molecule has 2 aliphatic heterocycles. The van der Waals surface area contributed by atoms with E-state index in [1.807, 2.05) is 12.1 Å². The lowest BCUT2D eigenvalue weighted by Gasteiger charge is -2.38. The van der Waals surface area contributed by atoms with Gasteiger partial charge in [-0.05, 0) is 50.9 Å². The Balaban J connectivity index is 1.61. The van der Waals surface area contributed by atoms with Crippen molar-refractivity contribution in [2.75, 3.05) is 26.2 Å². The Morgan fingerprint density at radius 1 is 1.17 bits per heavy atom. The molecule has 6 heteroatoms. The zero-order valence-electron chi connectivity index (χ0n) is 13.8. The highest BCUT2D eigenvalue weighted by Crippen LogP contribution is 2.24. The van der Waals surface area contributed by atoms with Gasteiger partial charge in [0.2, 0.25) is 0 Å². The molecule has 3 rings (SSSR count).